The molecule has 0 aliphatic carbocycles. The Hall–Kier alpha value is 1.11. The molecule has 0 spiro atoms. The molecule has 26 heavy (non-hydrogen) atoms. The Labute approximate surface area is 170 Å². The molecule has 2 aliphatic rings. The summed E-state index contributed by atoms with van der Waals surface area (Å²) in [5.74, 6) is 0.849. The van der Waals surface area contributed by atoms with Crippen LogP contribution >= 0.6 is 12.6 Å². The second kappa shape index (κ2) is 10.8. The van der Waals surface area contributed by atoms with Crippen LogP contribution in [0.15, 0.2) is 0 Å². The van der Waals surface area contributed by atoms with E-state index in [-0.39, 0.29) is 12.2 Å². The molecule has 0 aromatic heterocycles. The van der Waals surface area contributed by atoms with E-state index in [0.29, 0.717) is 36.4 Å². The molecule has 156 valence electrons. The first-order valence-corrected chi connectivity index (χ1v) is 16.4. The quantitative estimate of drug-likeness (QED) is 0.454. The van der Waals surface area contributed by atoms with Gasteiger partial charge < -0.3 is 31.2 Å². The topological polar surface area (TPSA) is 58.6 Å². The average molecular weight is 443 g/mol. The van der Waals surface area contributed by atoms with Gasteiger partial charge in [0.1, 0.15) is 0 Å². The summed E-state index contributed by atoms with van der Waals surface area (Å²) in [5.41, 5.74) is 0. The van der Waals surface area contributed by atoms with Crippen LogP contribution in [0.3, 0.4) is 0 Å². The lowest BCUT2D eigenvalue weighted by atomic mass is 10.0. The van der Waals surface area contributed by atoms with Crippen molar-refractivity contribution in [3.05, 3.63) is 0 Å². The monoisotopic (exact) mass is 442 g/mol. The van der Waals surface area contributed by atoms with Gasteiger partial charge in [-0.1, -0.05) is 13.8 Å². The van der Waals surface area contributed by atoms with Crippen LogP contribution in [0, 0.1) is 11.8 Å². The Bertz CT molecular complexity index is 473. The van der Waals surface area contributed by atoms with Crippen molar-refractivity contribution in [3.8, 4) is 0 Å². The first-order chi connectivity index (χ1) is 11.8. The molecule has 2 rings (SSSR count). The lowest BCUT2D eigenvalue weighted by molar-refractivity contribution is -0.160. The van der Waals surface area contributed by atoms with Crippen LogP contribution < -0.4 is 4.89 Å². The number of rotatable bonds is 6. The Morgan fingerprint density at radius 2 is 1.38 bits per heavy atom. The molecular formula is C18H36O4P2S2-2. The Morgan fingerprint density at radius 1 is 1.00 bits per heavy atom. The highest BCUT2D eigenvalue weighted by Crippen LogP contribution is 2.44. The maximum absolute atomic E-state index is 11.5. The van der Waals surface area contributed by atoms with Gasteiger partial charge in [-0.25, -0.2) is 0 Å². The van der Waals surface area contributed by atoms with Crippen molar-refractivity contribution in [2.75, 3.05) is 25.7 Å². The second-order valence-electron chi connectivity index (χ2n) is 8.17. The molecule has 8 heteroatoms. The summed E-state index contributed by atoms with van der Waals surface area (Å²) in [6.45, 7) is 11.8. The van der Waals surface area contributed by atoms with Gasteiger partial charge in [0.25, 0.3) is 0 Å². The second-order valence-corrected chi connectivity index (χ2v) is 17.6. The summed E-state index contributed by atoms with van der Waals surface area (Å²) in [4.78, 5) is 11.5. The Kier molecular flexibility index (Phi) is 10.4. The molecule has 8 atom stereocenters. The lowest BCUT2D eigenvalue weighted by Crippen LogP contribution is -2.20. The summed E-state index contributed by atoms with van der Waals surface area (Å²) < 4.78 is 22.9. The van der Waals surface area contributed by atoms with Crippen molar-refractivity contribution < 1.29 is 18.9 Å². The van der Waals surface area contributed by atoms with Crippen LogP contribution in [0.4, 0.5) is 0 Å². The highest BCUT2D eigenvalue weighted by Gasteiger charge is 2.33. The summed E-state index contributed by atoms with van der Waals surface area (Å²) in [6.07, 6.45) is 2.02. The lowest BCUT2D eigenvalue weighted by Gasteiger charge is -2.28. The largest absolute Gasteiger partial charge is 0.821 e. The molecule has 2 heterocycles. The van der Waals surface area contributed by atoms with Gasteiger partial charge in [-0.05, 0) is 83.4 Å². The zero-order valence-electron chi connectivity index (χ0n) is 17.1. The van der Waals surface area contributed by atoms with Crippen molar-refractivity contribution in [2.45, 2.75) is 77.8 Å². The van der Waals surface area contributed by atoms with E-state index < -0.39 is 12.6 Å². The molecule has 0 aromatic carbocycles. The highest BCUT2D eigenvalue weighted by atomic mass is 32.7. The van der Waals surface area contributed by atoms with Gasteiger partial charge >= 0.3 is 0 Å². The van der Waals surface area contributed by atoms with E-state index in [0.717, 1.165) is 25.7 Å². The van der Waals surface area contributed by atoms with Gasteiger partial charge in [0, 0.05) is 0 Å². The van der Waals surface area contributed by atoms with Crippen LogP contribution in [0.5, 0.6) is 0 Å². The maximum atomic E-state index is 11.5. The van der Waals surface area contributed by atoms with Gasteiger partial charge in [-0.3, -0.25) is 0 Å². The zero-order valence-corrected chi connectivity index (χ0v) is 20.5. The molecule has 2 saturated heterocycles. The molecule has 0 amide bonds. The minimum absolute atomic E-state index is 0.284. The third-order valence-corrected chi connectivity index (χ3v) is 8.23. The van der Waals surface area contributed by atoms with E-state index in [9.17, 15) is 9.46 Å². The fourth-order valence-corrected chi connectivity index (χ4v) is 7.80. The fraction of sp³-hybridized carbons (Fsp3) is 1.00. The van der Waals surface area contributed by atoms with Crippen molar-refractivity contribution >= 4 is 36.7 Å². The summed E-state index contributed by atoms with van der Waals surface area (Å²) in [7, 11) is 0. The van der Waals surface area contributed by atoms with E-state index in [4.69, 9.17) is 33.5 Å². The standard InChI is InChI=1S/2C9H19O2PS/c2*1-4-9-8(5-7(2)11-9)6-12(3,10)13/h2*7-9H,4-6H2,1-3H3,(H,10,13)/p-2/t2*7-,8?,9+,12?/m00/s1. The van der Waals surface area contributed by atoms with E-state index in [1.807, 2.05) is 0 Å². The maximum Gasteiger partial charge on any atom is 0.0609 e. The molecule has 0 saturated carbocycles. The molecule has 0 aromatic rings. The molecule has 0 bridgehead atoms. The molecule has 2 aliphatic heterocycles. The third-order valence-electron chi connectivity index (χ3n) is 5.07. The van der Waals surface area contributed by atoms with Crippen molar-refractivity contribution in [2.24, 2.45) is 11.8 Å². The van der Waals surface area contributed by atoms with E-state index in [1.54, 1.807) is 13.3 Å². The summed E-state index contributed by atoms with van der Waals surface area (Å²) in [6, 6.07) is 0. The molecule has 4 unspecified atom stereocenters. The fourth-order valence-electron chi connectivity index (χ4n) is 4.18. The number of hydrogen-bond acceptors (Lipinski definition) is 6. The van der Waals surface area contributed by atoms with Crippen LogP contribution in [0.2, 0.25) is 0 Å². The first kappa shape index (κ1) is 25.1. The van der Waals surface area contributed by atoms with Crippen LogP contribution in [0.25, 0.3) is 0 Å². The molecule has 2 fully saturated rings. The molecule has 0 N–H and O–H groups in total. The SMILES string of the molecule is CC[C@H]1O[C@@H](C)CC1CP(C)(=O)[S-].CC[C@H]1O[C@@H](C)CC1CP(C)([O-])=S. The van der Waals surface area contributed by atoms with Crippen LogP contribution in [-0.2, 0) is 38.1 Å². The van der Waals surface area contributed by atoms with Crippen LogP contribution in [-0.4, -0.2) is 50.1 Å². The van der Waals surface area contributed by atoms with Gasteiger partial charge in [0.15, 0.2) is 0 Å². The Balaban J connectivity index is 0.000000260. The predicted molar refractivity (Wildman–Crippen MR) is 116 cm³/mol. The number of hydrogen-bond donors (Lipinski definition) is 0. The van der Waals surface area contributed by atoms with Crippen LogP contribution in [0.1, 0.15) is 53.4 Å². The van der Waals surface area contributed by atoms with Gasteiger partial charge in [-0.15, -0.1) is 18.1 Å². The molecule has 4 nitrogen and oxygen atoms in total. The smallest absolute Gasteiger partial charge is 0.0609 e. The zero-order chi connectivity index (χ0) is 20.1. The predicted octanol–water partition coefficient (Wildman–Crippen LogP) is 4.22. The minimum Gasteiger partial charge on any atom is -0.821 e. The molecule has 0 radical (unpaired) electrons. The van der Waals surface area contributed by atoms with E-state index in [2.05, 4.69) is 27.7 Å². The van der Waals surface area contributed by atoms with Crippen molar-refractivity contribution in [1.29, 1.82) is 0 Å². The molecular weight excluding hydrogens is 406 g/mol. The summed E-state index contributed by atoms with van der Waals surface area (Å²) in [5, 5.41) is 0. The third kappa shape index (κ3) is 9.54. The van der Waals surface area contributed by atoms with Gasteiger partial charge in [0.05, 0.1) is 24.4 Å². The Morgan fingerprint density at radius 3 is 1.69 bits per heavy atom. The van der Waals surface area contributed by atoms with Crippen molar-refractivity contribution in [1.82, 2.24) is 0 Å². The van der Waals surface area contributed by atoms with Gasteiger partial charge in [0.2, 0.25) is 0 Å². The first-order valence-electron chi connectivity index (χ1n) is 9.70. The van der Waals surface area contributed by atoms with E-state index in [1.165, 1.54) is 0 Å². The number of ether oxygens (including phenoxy) is 2. The average Bonchev–Trinajstić information content (AvgIpc) is 2.97. The van der Waals surface area contributed by atoms with E-state index >= 15 is 0 Å². The minimum atomic E-state index is -2.29. The summed E-state index contributed by atoms with van der Waals surface area (Å²) >= 11 is 9.92. The normalized spacial score (nSPS) is 38.9. The highest BCUT2D eigenvalue weighted by molar-refractivity contribution is 8.36. The van der Waals surface area contributed by atoms with Crippen molar-refractivity contribution in [3.63, 3.8) is 0 Å². The van der Waals surface area contributed by atoms with Gasteiger partial charge in [-0.2, -0.15) is 0 Å².